The van der Waals surface area contributed by atoms with Gasteiger partial charge in [0.2, 0.25) is 0 Å². The second kappa shape index (κ2) is 9.73. The van der Waals surface area contributed by atoms with Crippen LogP contribution in [0.1, 0.15) is 52.9 Å². The number of Topliss-reactive ketones (excluding diaryl/α,β-unsaturated/α-hetero) is 1. The Morgan fingerprint density at radius 2 is 1.88 bits per heavy atom. The molecule has 0 saturated heterocycles. The lowest BCUT2D eigenvalue weighted by atomic mass is 10.1. The highest BCUT2D eigenvalue weighted by atomic mass is 32.2. The predicted octanol–water partition coefficient (Wildman–Crippen LogP) is 4.25. The fourth-order valence-electron chi connectivity index (χ4n) is 3.86. The summed E-state index contributed by atoms with van der Waals surface area (Å²) in [5.74, 6) is -0.104. The Labute approximate surface area is 191 Å². The van der Waals surface area contributed by atoms with Gasteiger partial charge < -0.3 is 9.30 Å². The van der Waals surface area contributed by atoms with Crippen molar-refractivity contribution in [2.45, 2.75) is 52.9 Å². The van der Waals surface area contributed by atoms with Crippen LogP contribution in [0.5, 0.6) is 0 Å². The SMILES string of the molecule is CCn1c(C)cc(C(=O)CSc2nc3cc(C(=O)OC)ccc3c(=O)n2CC(C)C)c1C. The van der Waals surface area contributed by atoms with E-state index in [-0.39, 0.29) is 23.0 Å². The molecular weight excluding hydrogens is 426 g/mol. The summed E-state index contributed by atoms with van der Waals surface area (Å²) < 4.78 is 8.51. The third kappa shape index (κ3) is 4.65. The molecule has 2 heterocycles. The standard InChI is InChI=1S/C24H29N3O4S/c1-7-26-15(4)10-19(16(26)5)21(28)13-32-24-25-20-11-17(23(30)31-6)8-9-18(20)22(29)27(24)12-14(2)3/h8-11,14H,7,12-13H2,1-6H3. The number of hydrogen-bond donors (Lipinski definition) is 0. The number of fused-ring (bicyclic) bond motifs is 1. The van der Waals surface area contributed by atoms with Crippen molar-refractivity contribution >= 4 is 34.4 Å². The zero-order chi connectivity index (χ0) is 23.6. The number of rotatable bonds is 8. The fourth-order valence-corrected chi connectivity index (χ4v) is 4.75. The number of thioether (sulfide) groups is 1. The molecule has 1 aromatic carbocycles. The highest BCUT2D eigenvalue weighted by Gasteiger charge is 2.19. The molecule has 0 saturated carbocycles. The highest BCUT2D eigenvalue weighted by Crippen LogP contribution is 2.23. The van der Waals surface area contributed by atoms with Crippen LogP contribution in [0.3, 0.4) is 0 Å². The van der Waals surface area contributed by atoms with E-state index in [1.54, 1.807) is 22.8 Å². The largest absolute Gasteiger partial charge is 0.465 e. The lowest BCUT2D eigenvalue weighted by Crippen LogP contribution is -2.26. The van der Waals surface area contributed by atoms with Gasteiger partial charge in [0.25, 0.3) is 5.56 Å². The van der Waals surface area contributed by atoms with E-state index < -0.39 is 5.97 Å². The smallest absolute Gasteiger partial charge is 0.337 e. The van der Waals surface area contributed by atoms with Crippen molar-refractivity contribution in [3.05, 3.63) is 57.1 Å². The van der Waals surface area contributed by atoms with Gasteiger partial charge in [0.1, 0.15) is 0 Å². The number of carbonyl (C=O) groups is 2. The van der Waals surface area contributed by atoms with Crippen LogP contribution < -0.4 is 5.56 Å². The van der Waals surface area contributed by atoms with Gasteiger partial charge in [-0.2, -0.15) is 0 Å². The van der Waals surface area contributed by atoms with E-state index in [0.717, 1.165) is 17.9 Å². The van der Waals surface area contributed by atoms with Crippen LogP contribution >= 0.6 is 11.8 Å². The molecule has 0 radical (unpaired) electrons. The van der Waals surface area contributed by atoms with Crippen LogP contribution in [0, 0.1) is 19.8 Å². The monoisotopic (exact) mass is 455 g/mol. The van der Waals surface area contributed by atoms with Gasteiger partial charge in [-0.15, -0.1) is 0 Å². The maximum atomic E-state index is 13.2. The number of ketones is 1. The number of aryl methyl sites for hydroxylation is 1. The Morgan fingerprint density at radius 1 is 1.16 bits per heavy atom. The number of hydrogen-bond acceptors (Lipinski definition) is 6. The first-order chi connectivity index (χ1) is 15.2. The molecule has 0 spiro atoms. The van der Waals surface area contributed by atoms with Crippen LogP contribution in [0.4, 0.5) is 0 Å². The Hall–Kier alpha value is -2.87. The molecule has 0 aliphatic rings. The van der Waals surface area contributed by atoms with Crippen LogP contribution in [-0.2, 0) is 17.8 Å². The van der Waals surface area contributed by atoms with Gasteiger partial charge in [-0.1, -0.05) is 25.6 Å². The molecule has 0 N–H and O–H groups in total. The number of benzene rings is 1. The molecule has 170 valence electrons. The molecule has 32 heavy (non-hydrogen) atoms. The second-order valence-corrected chi connectivity index (χ2v) is 9.11. The Morgan fingerprint density at radius 3 is 2.47 bits per heavy atom. The fraction of sp³-hybridized carbons (Fsp3) is 0.417. The molecule has 0 unspecified atom stereocenters. The molecule has 2 aromatic heterocycles. The molecule has 0 fully saturated rings. The number of ether oxygens (including phenoxy) is 1. The zero-order valence-electron chi connectivity index (χ0n) is 19.4. The van der Waals surface area contributed by atoms with Crippen molar-refractivity contribution in [1.29, 1.82) is 0 Å². The molecule has 7 nitrogen and oxygen atoms in total. The molecule has 0 aliphatic heterocycles. The summed E-state index contributed by atoms with van der Waals surface area (Å²) in [6, 6.07) is 6.65. The predicted molar refractivity (Wildman–Crippen MR) is 127 cm³/mol. The van der Waals surface area contributed by atoms with Gasteiger partial charge in [0, 0.05) is 30.0 Å². The Balaban J connectivity index is 2.00. The number of esters is 1. The van der Waals surface area contributed by atoms with Crippen molar-refractivity contribution in [1.82, 2.24) is 14.1 Å². The first kappa shape index (κ1) is 23.8. The number of aromatic nitrogens is 3. The van der Waals surface area contributed by atoms with E-state index in [1.807, 2.05) is 33.8 Å². The maximum absolute atomic E-state index is 13.2. The van der Waals surface area contributed by atoms with Crippen molar-refractivity contribution in [3.63, 3.8) is 0 Å². The highest BCUT2D eigenvalue weighted by molar-refractivity contribution is 7.99. The van der Waals surface area contributed by atoms with Gasteiger partial charge in [-0.05, 0) is 51.0 Å². The first-order valence-electron chi connectivity index (χ1n) is 10.6. The minimum Gasteiger partial charge on any atom is -0.465 e. The average Bonchev–Trinajstić information content (AvgIpc) is 3.06. The molecule has 0 bridgehead atoms. The Kier molecular flexibility index (Phi) is 7.23. The van der Waals surface area contributed by atoms with Crippen molar-refractivity contribution in [2.24, 2.45) is 5.92 Å². The number of nitrogens with zero attached hydrogens (tertiary/aromatic N) is 3. The third-order valence-electron chi connectivity index (χ3n) is 5.41. The van der Waals surface area contributed by atoms with Crippen molar-refractivity contribution < 1.29 is 14.3 Å². The summed E-state index contributed by atoms with van der Waals surface area (Å²) in [5.41, 5.74) is 3.26. The van der Waals surface area contributed by atoms with Crippen LogP contribution in [0.2, 0.25) is 0 Å². The van der Waals surface area contributed by atoms with Gasteiger partial charge in [0.05, 0.1) is 29.3 Å². The lowest BCUT2D eigenvalue weighted by Gasteiger charge is -2.15. The van der Waals surface area contributed by atoms with Gasteiger partial charge >= 0.3 is 5.97 Å². The summed E-state index contributed by atoms with van der Waals surface area (Å²) in [5, 5.41) is 0.899. The Bertz CT molecular complexity index is 1240. The van der Waals surface area contributed by atoms with E-state index in [4.69, 9.17) is 4.74 Å². The topological polar surface area (TPSA) is 83.2 Å². The van der Waals surface area contributed by atoms with Crippen molar-refractivity contribution in [2.75, 3.05) is 12.9 Å². The van der Waals surface area contributed by atoms with Crippen molar-refractivity contribution in [3.8, 4) is 0 Å². The minimum atomic E-state index is -0.490. The van der Waals surface area contributed by atoms with E-state index in [1.165, 1.54) is 18.9 Å². The molecule has 0 amide bonds. The molecule has 8 heteroatoms. The second-order valence-electron chi connectivity index (χ2n) is 8.17. The molecule has 0 aliphatic carbocycles. The van der Waals surface area contributed by atoms with Crippen LogP contribution in [0.25, 0.3) is 10.9 Å². The van der Waals surface area contributed by atoms with Gasteiger partial charge in [0.15, 0.2) is 10.9 Å². The molecule has 3 rings (SSSR count). The minimum absolute atomic E-state index is 0.00319. The summed E-state index contributed by atoms with van der Waals surface area (Å²) in [4.78, 5) is 42.7. The number of carbonyl (C=O) groups excluding carboxylic acids is 2. The lowest BCUT2D eigenvalue weighted by molar-refractivity contribution is 0.0600. The molecule has 0 atom stereocenters. The summed E-state index contributed by atoms with van der Waals surface area (Å²) in [6.45, 7) is 11.3. The number of methoxy groups -OCH3 is 1. The molecular formula is C24H29N3O4S. The molecule has 3 aromatic rings. The first-order valence-corrected chi connectivity index (χ1v) is 11.6. The maximum Gasteiger partial charge on any atom is 0.337 e. The quantitative estimate of drug-likeness (QED) is 0.219. The van der Waals surface area contributed by atoms with E-state index in [0.29, 0.717) is 33.7 Å². The van der Waals surface area contributed by atoms with Gasteiger partial charge in [-0.25, -0.2) is 9.78 Å². The van der Waals surface area contributed by atoms with Crippen LogP contribution in [0.15, 0.2) is 34.2 Å². The van der Waals surface area contributed by atoms with Gasteiger partial charge in [-0.3, -0.25) is 14.2 Å². The normalized spacial score (nSPS) is 11.3. The van der Waals surface area contributed by atoms with E-state index >= 15 is 0 Å². The third-order valence-corrected chi connectivity index (χ3v) is 6.39. The van der Waals surface area contributed by atoms with Crippen LogP contribution in [-0.4, -0.2) is 38.7 Å². The summed E-state index contributed by atoms with van der Waals surface area (Å²) in [6.07, 6.45) is 0. The van der Waals surface area contributed by atoms with E-state index in [9.17, 15) is 14.4 Å². The average molecular weight is 456 g/mol. The summed E-state index contributed by atoms with van der Waals surface area (Å²) in [7, 11) is 1.31. The summed E-state index contributed by atoms with van der Waals surface area (Å²) >= 11 is 1.25. The zero-order valence-corrected chi connectivity index (χ0v) is 20.2. The van der Waals surface area contributed by atoms with E-state index in [2.05, 4.69) is 16.5 Å².